The number of aliphatic hydroxyl groups excluding tert-OH is 1. The number of carbonyl (C=O) groups excluding carboxylic acids is 1. The third-order valence-electron chi connectivity index (χ3n) is 4.11. The van der Waals surface area contributed by atoms with Gasteiger partial charge in [0.1, 0.15) is 0 Å². The van der Waals surface area contributed by atoms with Crippen LogP contribution in [-0.2, 0) is 28.9 Å². The lowest BCUT2D eigenvalue weighted by molar-refractivity contribution is -0.139. The summed E-state index contributed by atoms with van der Waals surface area (Å²) < 4.78 is 7.40. The Labute approximate surface area is 118 Å². The lowest BCUT2D eigenvalue weighted by Gasteiger charge is -2.32. The molecule has 0 saturated carbocycles. The lowest BCUT2D eigenvalue weighted by Crippen LogP contribution is -2.47. The van der Waals surface area contributed by atoms with Crippen molar-refractivity contribution in [2.75, 3.05) is 26.3 Å². The number of hydrogen-bond acceptors (Lipinski definition) is 4. The molecule has 110 valence electrons. The largest absolute Gasteiger partial charge is 0.394 e. The molecule has 1 amide bonds. The number of fused-ring (bicyclic) bond motifs is 1. The fraction of sp³-hybridized carbons (Fsp3) is 0.714. The standard InChI is InChI=1S/C14H21N3O3/c18-10-12-9-16(5-6-20-12)14(19)7-11-8-15-17-4-2-1-3-13(11)17/h8,12,18H,1-7,9-10H2. The fourth-order valence-electron chi connectivity index (χ4n) is 2.96. The van der Waals surface area contributed by atoms with E-state index in [0.29, 0.717) is 26.1 Å². The van der Waals surface area contributed by atoms with Crippen LogP contribution in [0, 0.1) is 0 Å². The van der Waals surface area contributed by atoms with Crippen LogP contribution in [-0.4, -0.2) is 58.1 Å². The first-order chi connectivity index (χ1) is 9.78. The summed E-state index contributed by atoms with van der Waals surface area (Å²) in [6.07, 6.45) is 5.37. The molecule has 6 nitrogen and oxygen atoms in total. The second-order valence-electron chi connectivity index (χ2n) is 5.49. The van der Waals surface area contributed by atoms with Crippen LogP contribution in [0.2, 0.25) is 0 Å². The summed E-state index contributed by atoms with van der Waals surface area (Å²) in [6.45, 7) is 2.53. The molecule has 0 spiro atoms. The van der Waals surface area contributed by atoms with Gasteiger partial charge in [0.15, 0.2) is 0 Å². The van der Waals surface area contributed by atoms with E-state index in [0.717, 1.165) is 18.5 Å². The highest BCUT2D eigenvalue weighted by Crippen LogP contribution is 2.19. The number of carbonyl (C=O) groups is 1. The van der Waals surface area contributed by atoms with Crippen LogP contribution in [0.3, 0.4) is 0 Å². The predicted molar refractivity (Wildman–Crippen MR) is 72.3 cm³/mol. The van der Waals surface area contributed by atoms with Crippen LogP contribution in [0.5, 0.6) is 0 Å². The minimum atomic E-state index is -0.242. The van der Waals surface area contributed by atoms with E-state index in [1.54, 1.807) is 4.90 Å². The first-order valence-electron chi connectivity index (χ1n) is 7.31. The lowest BCUT2D eigenvalue weighted by atomic mass is 10.0. The Morgan fingerprint density at radius 3 is 3.20 bits per heavy atom. The summed E-state index contributed by atoms with van der Waals surface area (Å²) in [5, 5.41) is 13.5. The monoisotopic (exact) mass is 279 g/mol. The Kier molecular flexibility index (Phi) is 4.03. The van der Waals surface area contributed by atoms with Gasteiger partial charge in [0.2, 0.25) is 5.91 Å². The summed E-state index contributed by atoms with van der Waals surface area (Å²) in [5.41, 5.74) is 2.28. The maximum atomic E-state index is 12.4. The van der Waals surface area contributed by atoms with Crippen molar-refractivity contribution in [3.05, 3.63) is 17.5 Å². The predicted octanol–water partition coefficient (Wildman–Crippen LogP) is -0.0184. The second kappa shape index (κ2) is 5.93. The molecule has 2 aliphatic rings. The van der Waals surface area contributed by atoms with Gasteiger partial charge in [0.05, 0.1) is 31.9 Å². The fourth-order valence-corrected chi connectivity index (χ4v) is 2.96. The molecule has 0 bridgehead atoms. The average molecular weight is 279 g/mol. The van der Waals surface area contributed by atoms with Gasteiger partial charge in [-0.15, -0.1) is 0 Å². The number of aliphatic hydroxyl groups is 1. The van der Waals surface area contributed by atoms with Gasteiger partial charge in [-0.25, -0.2) is 0 Å². The van der Waals surface area contributed by atoms with Crippen molar-refractivity contribution >= 4 is 5.91 Å². The molecule has 6 heteroatoms. The molecule has 0 aromatic carbocycles. The quantitative estimate of drug-likeness (QED) is 0.844. The van der Waals surface area contributed by atoms with Gasteiger partial charge in [-0.2, -0.15) is 5.10 Å². The highest BCUT2D eigenvalue weighted by molar-refractivity contribution is 5.79. The van der Waals surface area contributed by atoms with E-state index in [-0.39, 0.29) is 18.6 Å². The molecular weight excluding hydrogens is 258 g/mol. The number of hydrogen-bond donors (Lipinski definition) is 1. The SMILES string of the molecule is O=C(Cc1cnn2c1CCCC2)N1CCOC(CO)C1. The smallest absolute Gasteiger partial charge is 0.227 e. The zero-order chi connectivity index (χ0) is 13.9. The Bertz CT molecular complexity index is 486. The zero-order valence-corrected chi connectivity index (χ0v) is 11.6. The first kappa shape index (κ1) is 13.6. The molecule has 3 rings (SSSR count). The van der Waals surface area contributed by atoms with Crippen molar-refractivity contribution in [2.24, 2.45) is 0 Å². The molecule has 1 N–H and O–H groups in total. The molecule has 20 heavy (non-hydrogen) atoms. The Balaban J connectivity index is 1.65. The van der Waals surface area contributed by atoms with Crippen LogP contribution in [0.25, 0.3) is 0 Å². The Morgan fingerprint density at radius 1 is 1.45 bits per heavy atom. The van der Waals surface area contributed by atoms with E-state index < -0.39 is 0 Å². The van der Waals surface area contributed by atoms with Crippen molar-refractivity contribution in [1.29, 1.82) is 0 Å². The molecule has 1 atom stereocenters. The van der Waals surface area contributed by atoms with Crippen LogP contribution in [0.1, 0.15) is 24.1 Å². The average Bonchev–Trinajstić information content (AvgIpc) is 2.90. The van der Waals surface area contributed by atoms with Gasteiger partial charge < -0.3 is 14.7 Å². The normalized spacial score (nSPS) is 22.6. The molecule has 1 fully saturated rings. The summed E-state index contributed by atoms with van der Waals surface area (Å²) in [5.74, 6) is 0.105. The number of aromatic nitrogens is 2. The maximum Gasteiger partial charge on any atom is 0.227 e. The molecule has 1 saturated heterocycles. The van der Waals surface area contributed by atoms with Gasteiger partial charge in [-0.05, 0) is 19.3 Å². The number of aryl methyl sites for hydroxylation is 1. The Hall–Kier alpha value is -1.40. The van der Waals surface area contributed by atoms with E-state index in [2.05, 4.69) is 5.10 Å². The van der Waals surface area contributed by atoms with Crippen molar-refractivity contribution in [3.8, 4) is 0 Å². The van der Waals surface area contributed by atoms with Gasteiger partial charge in [0, 0.05) is 30.9 Å². The number of nitrogens with zero attached hydrogens (tertiary/aromatic N) is 3. The topological polar surface area (TPSA) is 67.6 Å². The van der Waals surface area contributed by atoms with Crippen LogP contribution >= 0.6 is 0 Å². The maximum absolute atomic E-state index is 12.4. The molecule has 1 unspecified atom stereocenters. The Morgan fingerprint density at radius 2 is 2.35 bits per heavy atom. The van der Waals surface area contributed by atoms with Crippen LogP contribution < -0.4 is 0 Å². The molecule has 0 radical (unpaired) electrons. The summed E-state index contributed by atoms with van der Waals surface area (Å²) in [4.78, 5) is 14.2. The zero-order valence-electron chi connectivity index (χ0n) is 11.6. The van der Waals surface area contributed by atoms with Gasteiger partial charge in [0.25, 0.3) is 0 Å². The van der Waals surface area contributed by atoms with E-state index in [9.17, 15) is 4.79 Å². The van der Waals surface area contributed by atoms with Crippen molar-refractivity contribution < 1.29 is 14.6 Å². The third-order valence-corrected chi connectivity index (χ3v) is 4.11. The second-order valence-corrected chi connectivity index (χ2v) is 5.49. The van der Waals surface area contributed by atoms with E-state index in [1.807, 2.05) is 10.9 Å². The summed E-state index contributed by atoms with van der Waals surface area (Å²) >= 11 is 0. The van der Waals surface area contributed by atoms with E-state index in [4.69, 9.17) is 9.84 Å². The molecular formula is C14H21N3O3. The minimum Gasteiger partial charge on any atom is -0.394 e. The van der Waals surface area contributed by atoms with Crippen molar-refractivity contribution in [2.45, 2.75) is 38.3 Å². The van der Waals surface area contributed by atoms with Gasteiger partial charge >= 0.3 is 0 Å². The number of morpholine rings is 1. The highest BCUT2D eigenvalue weighted by Gasteiger charge is 2.25. The molecule has 2 aliphatic heterocycles. The van der Waals surface area contributed by atoms with E-state index >= 15 is 0 Å². The number of ether oxygens (including phenoxy) is 1. The van der Waals surface area contributed by atoms with Gasteiger partial charge in [-0.1, -0.05) is 0 Å². The van der Waals surface area contributed by atoms with Crippen LogP contribution in [0.15, 0.2) is 6.20 Å². The first-order valence-corrected chi connectivity index (χ1v) is 7.31. The molecule has 3 heterocycles. The van der Waals surface area contributed by atoms with Crippen LogP contribution in [0.4, 0.5) is 0 Å². The van der Waals surface area contributed by atoms with Gasteiger partial charge in [-0.3, -0.25) is 9.48 Å². The summed E-state index contributed by atoms with van der Waals surface area (Å²) in [6, 6.07) is 0. The molecule has 1 aromatic heterocycles. The number of rotatable bonds is 3. The minimum absolute atomic E-state index is 0.0348. The molecule has 1 aromatic rings. The summed E-state index contributed by atoms with van der Waals surface area (Å²) in [7, 11) is 0. The molecule has 0 aliphatic carbocycles. The highest BCUT2D eigenvalue weighted by atomic mass is 16.5. The van der Waals surface area contributed by atoms with Crippen molar-refractivity contribution in [3.63, 3.8) is 0 Å². The van der Waals surface area contributed by atoms with E-state index in [1.165, 1.54) is 18.5 Å². The number of amides is 1. The van der Waals surface area contributed by atoms with Crippen molar-refractivity contribution in [1.82, 2.24) is 14.7 Å². The third kappa shape index (κ3) is 2.71.